The van der Waals surface area contributed by atoms with Crippen molar-refractivity contribution in [1.82, 2.24) is 9.62 Å². The fourth-order valence-corrected chi connectivity index (χ4v) is 3.74. The molecule has 0 bridgehead atoms. The summed E-state index contributed by atoms with van der Waals surface area (Å²) in [5.41, 5.74) is 1.26. The maximum Gasteiger partial charge on any atom is 0.258 e. The number of carbonyl (C=O) groups is 1. The molecule has 0 aliphatic heterocycles. The van der Waals surface area contributed by atoms with E-state index in [0.717, 1.165) is 18.7 Å². The maximum absolute atomic E-state index is 12.8. The molecule has 0 aromatic heterocycles. The van der Waals surface area contributed by atoms with Crippen LogP contribution in [0.3, 0.4) is 0 Å². The van der Waals surface area contributed by atoms with Crippen molar-refractivity contribution >= 4 is 21.6 Å². The van der Waals surface area contributed by atoms with Crippen molar-refractivity contribution in [3.8, 4) is 0 Å². The molecule has 146 valence electrons. The Morgan fingerprint density at radius 1 is 1.00 bits per heavy atom. The molecule has 2 aromatic rings. The summed E-state index contributed by atoms with van der Waals surface area (Å²) in [6.45, 7) is 3.61. The van der Waals surface area contributed by atoms with E-state index in [4.69, 9.17) is 0 Å². The molecule has 0 aliphatic rings. The van der Waals surface area contributed by atoms with Gasteiger partial charge in [-0.2, -0.15) is 0 Å². The Kier molecular flexibility index (Phi) is 7.53. The normalized spacial score (nSPS) is 11.6. The second kappa shape index (κ2) is 9.64. The van der Waals surface area contributed by atoms with Gasteiger partial charge in [-0.05, 0) is 70.4 Å². The molecule has 7 heteroatoms. The fraction of sp³-hybridized carbons (Fsp3) is 0.350. The van der Waals surface area contributed by atoms with E-state index in [9.17, 15) is 13.2 Å². The predicted molar refractivity (Wildman–Crippen MR) is 109 cm³/mol. The summed E-state index contributed by atoms with van der Waals surface area (Å²) in [6, 6.07) is 15.5. The maximum atomic E-state index is 12.8. The molecule has 0 heterocycles. The first-order valence-corrected chi connectivity index (χ1v) is 10.4. The highest BCUT2D eigenvalue weighted by Gasteiger charge is 2.18. The molecule has 0 saturated carbocycles. The van der Waals surface area contributed by atoms with Crippen LogP contribution in [0.2, 0.25) is 0 Å². The number of nitrogens with zero attached hydrogens (tertiary/aromatic N) is 2. The highest BCUT2D eigenvalue weighted by Crippen LogP contribution is 2.18. The topological polar surface area (TPSA) is 69.7 Å². The first-order valence-electron chi connectivity index (χ1n) is 8.96. The van der Waals surface area contributed by atoms with Crippen molar-refractivity contribution in [3.63, 3.8) is 0 Å². The molecule has 0 radical (unpaired) electrons. The Morgan fingerprint density at radius 2 is 1.63 bits per heavy atom. The minimum Gasteiger partial charge on any atom is -0.309 e. The van der Waals surface area contributed by atoms with Crippen LogP contribution in [0, 0.1) is 0 Å². The monoisotopic (exact) mass is 389 g/mol. The van der Waals surface area contributed by atoms with Crippen LogP contribution in [0.15, 0.2) is 59.5 Å². The van der Waals surface area contributed by atoms with Crippen molar-refractivity contribution < 1.29 is 13.2 Å². The Bertz CT molecular complexity index is 835. The van der Waals surface area contributed by atoms with Gasteiger partial charge in [0.2, 0.25) is 10.0 Å². The van der Waals surface area contributed by atoms with Gasteiger partial charge in [0.1, 0.15) is 0 Å². The number of sulfonamides is 1. The van der Waals surface area contributed by atoms with E-state index in [-0.39, 0.29) is 10.8 Å². The van der Waals surface area contributed by atoms with Gasteiger partial charge in [-0.15, -0.1) is 0 Å². The fourth-order valence-electron chi connectivity index (χ4n) is 2.67. The summed E-state index contributed by atoms with van der Waals surface area (Å²) >= 11 is 0. The van der Waals surface area contributed by atoms with Gasteiger partial charge in [-0.3, -0.25) is 4.79 Å². The molecule has 0 fully saturated rings. The molecule has 0 atom stereocenters. The lowest BCUT2D eigenvalue weighted by Crippen LogP contribution is -2.30. The van der Waals surface area contributed by atoms with Crippen LogP contribution in [0.25, 0.3) is 0 Å². The van der Waals surface area contributed by atoms with E-state index in [1.54, 1.807) is 17.0 Å². The van der Waals surface area contributed by atoms with Crippen molar-refractivity contribution in [3.05, 3.63) is 60.2 Å². The van der Waals surface area contributed by atoms with Gasteiger partial charge in [0, 0.05) is 24.3 Å². The lowest BCUT2D eigenvalue weighted by Gasteiger charge is -2.21. The molecular formula is C20H27N3O3S. The van der Waals surface area contributed by atoms with E-state index in [0.29, 0.717) is 18.7 Å². The van der Waals surface area contributed by atoms with Crippen molar-refractivity contribution in [2.75, 3.05) is 38.6 Å². The third kappa shape index (κ3) is 5.89. The summed E-state index contributed by atoms with van der Waals surface area (Å²) < 4.78 is 27.3. The van der Waals surface area contributed by atoms with E-state index in [1.165, 1.54) is 12.1 Å². The van der Waals surface area contributed by atoms with Crippen LogP contribution >= 0.6 is 0 Å². The van der Waals surface area contributed by atoms with Gasteiger partial charge >= 0.3 is 0 Å². The highest BCUT2D eigenvalue weighted by atomic mass is 32.2. The average molecular weight is 390 g/mol. The van der Waals surface area contributed by atoms with Gasteiger partial charge in [0.15, 0.2) is 0 Å². The largest absolute Gasteiger partial charge is 0.309 e. The third-order valence-corrected chi connectivity index (χ3v) is 5.59. The number of hydrogen-bond acceptors (Lipinski definition) is 4. The number of benzene rings is 2. The molecule has 6 nitrogen and oxygen atoms in total. The summed E-state index contributed by atoms with van der Waals surface area (Å²) in [5, 5.41) is 0. The quantitative estimate of drug-likeness (QED) is 0.669. The Balaban J connectivity index is 2.08. The first kappa shape index (κ1) is 21.1. The molecule has 1 N–H and O–H groups in total. The number of nitrogens with one attached hydrogen (secondary N) is 1. The van der Waals surface area contributed by atoms with E-state index in [1.807, 2.05) is 56.3 Å². The zero-order valence-corrected chi connectivity index (χ0v) is 16.9. The molecule has 1 amide bonds. The lowest BCUT2D eigenvalue weighted by atomic mass is 10.2. The molecule has 0 unspecified atom stereocenters. The lowest BCUT2D eigenvalue weighted by molar-refractivity contribution is 0.0988. The number of para-hydroxylation sites is 1. The second-order valence-corrected chi connectivity index (χ2v) is 8.23. The van der Waals surface area contributed by atoms with Crippen LogP contribution in [-0.2, 0) is 10.0 Å². The van der Waals surface area contributed by atoms with Crippen LogP contribution in [0.4, 0.5) is 5.69 Å². The van der Waals surface area contributed by atoms with Crippen molar-refractivity contribution in [1.29, 1.82) is 0 Å². The number of carbonyl (C=O) groups excluding carboxylic acids is 1. The Labute approximate surface area is 161 Å². The summed E-state index contributed by atoms with van der Waals surface area (Å²) in [7, 11) is 0.315. The van der Waals surface area contributed by atoms with Crippen LogP contribution in [0.5, 0.6) is 0 Å². The number of rotatable bonds is 9. The Hall–Kier alpha value is -2.22. The molecule has 0 saturated heterocycles. The van der Waals surface area contributed by atoms with E-state index in [2.05, 4.69) is 4.72 Å². The molecule has 2 rings (SSSR count). The van der Waals surface area contributed by atoms with Crippen molar-refractivity contribution in [2.45, 2.75) is 18.2 Å². The molecule has 0 aliphatic carbocycles. The minimum absolute atomic E-state index is 0.159. The standard InChI is InChI=1S/C20H27N3O3S/c1-4-23(18-9-6-5-7-10-18)20(24)17-11-13-19(14-12-17)27(25,26)21-15-8-16-22(2)3/h5-7,9-14,21H,4,8,15-16H2,1-3H3. The zero-order chi connectivity index (χ0) is 19.9. The van der Waals surface area contributed by atoms with Gasteiger partial charge in [-0.1, -0.05) is 18.2 Å². The predicted octanol–water partition coefficient (Wildman–Crippen LogP) is 2.58. The van der Waals surface area contributed by atoms with E-state index < -0.39 is 10.0 Å². The smallest absolute Gasteiger partial charge is 0.258 e. The SMILES string of the molecule is CCN(C(=O)c1ccc(S(=O)(=O)NCCCN(C)C)cc1)c1ccccc1. The number of hydrogen-bond donors (Lipinski definition) is 1. The molecular weight excluding hydrogens is 362 g/mol. The highest BCUT2D eigenvalue weighted by molar-refractivity contribution is 7.89. The molecule has 0 spiro atoms. The van der Waals surface area contributed by atoms with Crippen LogP contribution in [-0.4, -0.2) is 53.0 Å². The summed E-state index contributed by atoms with van der Waals surface area (Å²) in [5.74, 6) is -0.161. The first-order chi connectivity index (χ1) is 12.8. The second-order valence-electron chi connectivity index (χ2n) is 6.46. The van der Waals surface area contributed by atoms with Gasteiger partial charge in [0.05, 0.1) is 4.90 Å². The van der Waals surface area contributed by atoms with Gasteiger partial charge in [-0.25, -0.2) is 13.1 Å². The molecule has 27 heavy (non-hydrogen) atoms. The summed E-state index contributed by atoms with van der Waals surface area (Å²) in [4.78, 5) is 16.6. The van der Waals surface area contributed by atoms with Gasteiger partial charge in [0.25, 0.3) is 5.91 Å². The average Bonchev–Trinajstić information content (AvgIpc) is 2.66. The van der Waals surface area contributed by atoms with Crippen LogP contribution < -0.4 is 9.62 Å². The Morgan fingerprint density at radius 3 is 2.19 bits per heavy atom. The minimum atomic E-state index is -3.57. The van der Waals surface area contributed by atoms with Crippen LogP contribution in [0.1, 0.15) is 23.7 Å². The summed E-state index contributed by atoms with van der Waals surface area (Å²) in [6.07, 6.45) is 0.728. The zero-order valence-electron chi connectivity index (χ0n) is 16.1. The third-order valence-electron chi connectivity index (χ3n) is 4.12. The van der Waals surface area contributed by atoms with Crippen molar-refractivity contribution in [2.24, 2.45) is 0 Å². The molecule has 2 aromatic carbocycles. The number of amides is 1. The van der Waals surface area contributed by atoms with Gasteiger partial charge < -0.3 is 9.80 Å². The van der Waals surface area contributed by atoms with E-state index >= 15 is 0 Å². The number of anilines is 1.